The maximum Gasteiger partial charge on any atom is 1.00 e. The van der Waals surface area contributed by atoms with Gasteiger partial charge in [-0.15, -0.1) is 0 Å². The number of hydrogen-bond donors (Lipinski definition) is 0. The van der Waals surface area contributed by atoms with Crippen LogP contribution in [0.25, 0.3) is 0 Å². The quantitative estimate of drug-likeness (QED) is 0.310. The molecule has 8 heavy (non-hydrogen) atoms. The van der Waals surface area contributed by atoms with Crippen molar-refractivity contribution in [1.82, 2.24) is 0 Å². The summed E-state index contributed by atoms with van der Waals surface area (Å²) >= 11 is 0. The molecule has 0 radical (unpaired) electrons. The SMILES string of the molecule is O=C([O-])C(=O)[O-].[Cu+].[Cu+]. The molecule has 0 N–H and O–H groups in total. The van der Waals surface area contributed by atoms with E-state index in [4.69, 9.17) is 19.8 Å². The predicted molar refractivity (Wildman–Crippen MR) is 10.0 cm³/mol. The molecule has 6 heteroatoms. The Kier molecular flexibility index (Phi) is 13.7. The zero-order valence-corrected chi connectivity index (χ0v) is 5.12. The van der Waals surface area contributed by atoms with Crippen molar-refractivity contribution < 1.29 is 53.9 Å². The van der Waals surface area contributed by atoms with Crippen molar-refractivity contribution in [2.45, 2.75) is 0 Å². The molecule has 0 aliphatic heterocycles. The summed E-state index contributed by atoms with van der Waals surface area (Å²) in [6, 6.07) is 0. The second kappa shape index (κ2) is 6.98. The summed E-state index contributed by atoms with van der Waals surface area (Å²) in [5.74, 6) is -4.37. The molecule has 0 aromatic carbocycles. The maximum absolute atomic E-state index is 8.93. The second-order valence-corrected chi connectivity index (χ2v) is 0.575. The Bertz CT molecular complexity index is 78.0. The fraction of sp³-hybridized carbons (Fsp3) is 0. The standard InChI is InChI=1S/C2H2O4.2Cu/c3-1(4)2(5)6;;/h(H,3,4)(H,5,6);;/q;2*+1/p-2. The van der Waals surface area contributed by atoms with E-state index in [0.29, 0.717) is 0 Å². The first kappa shape index (κ1) is 15.7. The van der Waals surface area contributed by atoms with Crippen molar-refractivity contribution in [3.63, 3.8) is 0 Å². The zero-order valence-electron chi connectivity index (χ0n) is 3.24. The van der Waals surface area contributed by atoms with Crippen molar-refractivity contribution in [3.05, 3.63) is 0 Å². The normalized spacial score (nSPS) is 5.50. The summed E-state index contributed by atoms with van der Waals surface area (Å²) in [5.41, 5.74) is 0. The van der Waals surface area contributed by atoms with E-state index >= 15 is 0 Å². The van der Waals surface area contributed by atoms with Crippen LogP contribution in [0.1, 0.15) is 0 Å². The molecule has 54 valence electrons. The summed E-state index contributed by atoms with van der Waals surface area (Å²) in [6.07, 6.45) is 0. The number of rotatable bonds is 0. The van der Waals surface area contributed by atoms with Crippen LogP contribution < -0.4 is 10.2 Å². The average Bonchev–Trinajstić information content (AvgIpc) is 1.36. The Morgan fingerprint density at radius 2 is 1.00 bits per heavy atom. The first-order chi connectivity index (χ1) is 2.64. The Labute approximate surface area is 66.2 Å². The Morgan fingerprint density at radius 3 is 1.00 bits per heavy atom. The molecule has 0 fully saturated rings. The number of carbonyl (C=O) groups is 2. The van der Waals surface area contributed by atoms with Gasteiger partial charge in [0.2, 0.25) is 0 Å². The molecule has 0 aliphatic carbocycles. The summed E-state index contributed by atoms with van der Waals surface area (Å²) in [5, 5.41) is 17.9. The van der Waals surface area contributed by atoms with Gasteiger partial charge >= 0.3 is 34.1 Å². The molecule has 0 aromatic heterocycles. The van der Waals surface area contributed by atoms with E-state index in [1.54, 1.807) is 0 Å². The Morgan fingerprint density at radius 1 is 0.875 bits per heavy atom. The summed E-state index contributed by atoms with van der Waals surface area (Å²) in [4.78, 5) is 17.9. The minimum atomic E-state index is -2.19. The number of hydrogen-bond acceptors (Lipinski definition) is 4. The van der Waals surface area contributed by atoms with Gasteiger partial charge < -0.3 is 19.8 Å². The van der Waals surface area contributed by atoms with Gasteiger partial charge in [0.25, 0.3) is 0 Å². The van der Waals surface area contributed by atoms with Crippen LogP contribution in [-0.2, 0) is 43.7 Å². The third kappa shape index (κ3) is 9.36. The van der Waals surface area contributed by atoms with Crippen LogP contribution in [0.2, 0.25) is 0 Å². The van der Waals surface area contributed by atoms with E-state index in [0.717, 1.165) is 0 Å². The molecule has 0 spiro atoms. The topological polar surface area (TPSA) is 80.3 Å². The molecule has 0 saturated carbocycles. The third-order valence-corrected chi connectivity index (χ3v) is 0.167. The predicted octanol–water partition coefficient (Wildman–Crippen LogP) is -3.52. The summed E-state index contributed by atoms with van der Waals surface area (Å²) in [7, 11) is 0. The summed E-state index contributed by atoms with van der Waals surface area (Å²) in [6.45, 7) is 0. The van der Waals surface area contributed by atoms with E-state index < -0.39 is 11.9 Å². The molecular weight excluding hydrogens is 215 g/mol. The largest absolute Gasteiger partial charge is 1.00 e. The fourth-order valence-electron chi connectivity index (χ4n) is 0. The first-order valence-electron chi connectivity index (χ1n) is 1.07. The molecule has 0 aromatic rings. The Hall–Kier alpha value is -0.0210. The van der Waals surface area contributed by atoms with Crippen LogP contribution in [-0.4, -0.2) is 11.9 Å². The van der Waals surface area contributed by atoms with E-state index in [-0.39, 0.29) is 34.1 Å². The number of carboxylic acid groups (broad SMARTS) is 2. The van der Waals surface area contributed by atoms with Gasteiger partial charge in [0.05, 0.1) is 11.9 Å². The van der Waals surface area contributed by atoms with Gasteiger partial charge in [0.15, 0.2) is 0 Å². The fourth-order valence-corrected chi connectivity index (χ4v) is 0. The van der Waals surface area contributed by atoms with Crippen LogP contribution in [0.5, 0.6) is 0 Å². The number of carboxylic acids is 2. The van der Waals surface area contributed by atoms with E-state index in [2.05, 4.69) is 0 Å². The molecule has 0 bridgehead atoms. The van der Waals surface area contributed by atoms with Crippen LogP contribution in [0.15, 0.2) is 0 Å². The average molecular weight is 215 g/mol. The zero-order chi connectivity index (χ0) is 5.15. The smallest absolute Gasteiger partial charge is 0.543 e. The summed E-state index contributed by atoms with van der Waals surface area (Å²) < 4.78 is 0. The monoisotopic (exact) mass is 214 g/mol. The van der Waals surface area contributed by atoms with Crippen molar-refractivity contribution in [2.24, 2.45) is 0 Å². The van der Waals surface area contributed by atoms with Gasteiger partial charge in [-0.3, -0.25) is 0 Å². The molecule has 0 atom stereocenters. The van der Waals surface area contributed by atoms with Gasteiger partial charge in [-0.1, -0.05) is 0 Å². The molecule has 0 heterocycles. The van der Waals surface area contributed by atoms with Crippen LogP contribution >= 0.6 is 0 Å². The third-order valence-electron chi connectivity index (χ3n) is 0.167. The minimum Gasteiger partial charge on any atom is -0.543 e. The molecule has 4 nitrogen and oxygen atoms in total. The van der Waals surface area contributed by atoms with Gasteiger partial charge in [-0.05, 0) is 0 Å². The van der Waals surface area contributed by atoms with Gasteiger partial charge in [0.1, 0.15) is 0 Å². The second-order valence-electron chi connectivity index (χ2n) is 0.575. The van der Waals surface area contributed by atoms with E-state index in [1.165, 1.54) is 0 Å². The molecule has 0 amide bonds. The maximum atomic E-state index is 8.93. The van der Waals surface area contributed by atoms with Crippen molar-refractivity contribution in [3.8, 4) is 0 Å². The van der Waals surface area contributed by atoms with Crippen molar-refractivity contribution in [1.29, 1.82) is 0 Å². The van der Waals surface area contributed by atoms with E-state index in [1.807, 2.05) is 0 Å². The van der Waals surface area contributed by atoms with Gasteiger partial charge in [-0.2, -0.15) is 0 Å². The van der Waals surface area contributed by atoms with Crippen LogP contribution in [0.4, 0.5) is 0 Å². The Balaban J connectivity index is -0.000000125. The number of carbonyl (C=O) groups excluding carboxylic acids is 2. The first-order valence-corrected chi connectivity index (χ1v) is 1.07. The van der Waals surface area contributed by atoms with Crippen LogP contribution in [0, 0.1) is 0 Å². The minimum absolute atomic E-state index is 0. The molecular formula is C2Cu2O4. The van der Waals surface area contributed by atoms with Crippen molar-refractivity contribution >= 4 is 11.9 Å². The van der Waals surface area contributed by atoms with E-state index in [9.17, 15) is 0 Å². The van der Waals surface area contributed by atoms with Crippen LogP contribution in [0.3, 0.4) is 0 Å². The van der Waals surface area contributed by atoms with Gasteiger partial charge in [0, 0.05) is 0 Å². The van der Waals surface area contributed by atoms with Gasteiger partial charge in [-0.25, -0.2) is 0 Å². The van der Waals surface area contributed by atoms with Crippen molar-refractivity contribution in [2.75, 3.05) is 0 Å². The molecule has 0 saturated heterocycles. The number of aliphatic carboxylic acids is 2. The molecule has 0 unspecified atom stereocenters. The molecule has 0 aliphatic rings. The molecule has 0 rings (SSSR count).